The SMILES string of the molecule is C=COCCCNC1C2CCCC1CN(C(C)C)C2. The van der Waals surface area contributed by atoms with E-state index in [0.717, 1.165) is 37.5 Å². The summed E-state index contributed by atoms with van der Waals surface area (Å²) in [5, 5.41) is 3.80. The molecule has 110 valence electrons. The quantitative estimate of drug-likeness (QED) is 0.566. The highest BCUT2D eigenvalue weighted by Crippen LogP contribution is 2.35. The minimum Gasteiger partial charge on any atom is -0.502 e. The Morgan fingerprint density at radius 1 is 1.32 bits per heavy atom. The Morgan fingerprint density at radius 3 is 2.58 bits per heavy atom. The summed E-state index contributed by atoms with van der Waals surface area (Å²) in [7, 11) is 0. The average Bonchev–Trinajstić information content (AvgIpc) is 2.37. The zero-order valence-electron chi connectivity index (χ0n) is 12.6. The fourth-order valence-corrected chi connectivity index (χ4v) is 3.74. The lowest BCUT2D eigenvalue weighted by Crippen LogP contribution is -2.58. The Balaban J connectivity index is 1.79. The first-order chi connectivity index (χ1) is 9.22. The van der Waals surface area contributed by atoms with Gasteiger partial charge in [0.15, 0.2) is 0 Å². The molecule has 1 saturated carbocycles. The highest BCUT2D eigenvalue weighted by Gasteiger charge is 2.39. The molecule has 0 aromatic heterocycles. The number of hydrogen-bond acceptors (Lipinski definition) is 3. The van der Waals surface area contributed by atoms with Crippen LogP contribution in [0.5, 0.6) is 0 Å². The van der Waals surface area contributed by atoms with Crippen LogP contribution in [0.2, 0.25) is 0 Å². The third kappa shape index (κ3) is 3.96. The zero-order chi connectivity index (χ0) is 13.7. The van der Waals surface area contributed by atoms with E-state index in [0.29, 0.717) is 6.04 Å². The molecule has 1 aliphatic heterocycles. The Kier molecular flexibility index (Phi) is 5.71. The van der Waals surface area contributed by atoms with Crippen molar-refractivity contribution in [1.82, 2.24) is 10.2 Å². The van der Waals surface area contributed by atoms with Crippen LogP contribution in [0.25, 0.3) is 0 Å². The number of nitrogens with one attached hydrogen (secondary N) is 1. The van der Waals surface area contributed by atoms with Crippen molar-refractivity contribution in [3.63, 3.8) is 0 Å². The van der Waals surface area contributed by atoms with E-state index in [-0.39, 0.29) is 0 Å². The van der Waals surface area contributed by atoms with E-state index < -0.39 is 0 Å². The summed E-state index contributed by atoms with van der Waals surface area (Å²) in [6.45, 7) is 12.7. The first-order valence-corrected chi connectivity index (χ1v) is 7.92. The van der Waals surface area contributed by atoms with Gasteiger partial charge >= 0.3 is 0 Å². The Hall–Kier alpha value is -0.540. The van der Waals surface area contributed by atoms with Crippen molar-refractivity contribution in [3.05, 3.63) is 12.8 Å². The summed E-state index contributed by atoms with van der Waals surface area (Å²) in [4.78, 5) is 2.67. The van der Waals surface area contributed by atoms with Gasteiger partial charge in [0.2, 0.25) is 0 Å². The van der Waals surface area contributed by atoms with Gasteiger partial charge < -0.3 is 15.0 Å². The molecule has 0 spiro atoms. The van der Waals surface area contributed by atoms with Crippen LogP contribution in [0, 0.1) is 11.8 Å². The Morgan fingerprint density at radius 2 is 2.00 bits per heavy atom. The number of rotatable bonds is 7. The Bertz CT molecular complexity index is 266. The van der Waals surface area contributed by atoms with Gasteiger partial charge in [0.1, 0.15) is 0 Å². The van der Waals surface area contributed by atoms with E-state index in [1.807, 2.05) is 0 Å². The molecule has 3 nitrogen and oxygen atoms in total. The molecule has 0 radical (unpaired) electrons. The second-order valence-electron chi connectivity index (χ2n) is 6.37. The molecule has 0 amide bonds. The van der Waals surface area contributed by atoms with Gasteiger partial charge in [-0.05, 0) is 51.5 Å². The fraction of sp³-hybridized carbons (Fsp3) is 0.875. The molecule has 2 bridgehead atoms. The predicted molar refractivity (Wildman–Crippen MR) is 80.1 cm³/mol. The van der Waals surface area contributed by atoms with Crippen LogP contribution in [0.4, 0.5) is 0 Å². The minimum atomic E-state index is 0.699. The molecule has 2 unspecified atom stereocenters. The number of likely N-dealkylation sites (tertiary alicyclic amines) is 1. The van der Waals surface area contributed by atoms with Crippen LogP contribution in [0.1, 0.15) is 39.5 Å². The summed E-state index contributed by atoms with van der Waals surface area (Å²) < 4.78 is 5.18. The zero-order valence-corrected chi connectivity index (χ0v) is 12.6. The molecule has 1 heterocycles. The minimum absolute atomic E-state index is 0.699. The summed E-state index contributed by atoms with van der Waals surface area (Å²) in [6.07, 6.45) is 6.85. The van der Waals surface area contributed by atoms with E-state index in [1.54, 1.807) is 0 Å². The molecule has 1 N–H and O–H groups in total. The average molecular weight is 266 g/mol. The van der Waals surface area contributed by atoms with Crippen molar-refractivity contribution >= 4 is 0 Å². The highest BCUT2D eigenvalue weighted by atomic mass is 16.5. The highest BCUT2D eigenvalue weighted by molar-refractivity contribution is 4.95. The molecule has 1 saturated heterocycles. The summed E-state index contributed by atoms with van der Waals surface area (Å²) >= 11 is 0. The van der Waals surface area contributed by atoms with Crippen molar-refractivity contribution in [3.8, 4) is 0 Å². The largest absolute Gasteiger partial charge is 0.502 e. The number of fused-ring (bicyclic) bond motifs is 2. The molecular formula is C16H30N2O. The van der Waals surface area contributed by atoms with Gasteiger partial charge in [-0.25, -0.2) is 0 Å². The molecule has 2 fully saturated rings. The smallest absolute Gasteiger partial charge is 0.0885 e. The van der Waals surface area contributed by atoms with Gasteiger partial charge in [-0.15, -0.1) is 0 Å². The molecule has 1 aliphatic carbocycles. The Labute approximate surface area is 118 Å². The summed E-state index contributed by atoms with van der Waals surface area (Å²) in [6, 6.07) is 1.44. The van der Waals surface area contributed by atoms with Crippen molar-refractivity contribution < 1.29 is 4.74 Å². The molecule has 0 aromatic carbocycles. The lowest BCUT2D eigenvalue weighted by Gasteiger charge is -2.49. The number of ether oxygens (including phenoxy) is 1. The van der Waals surface area contributed by atoms with E-state index in [9.17, 15) is 0 Å². The van der Waals surface area contributed by atoms with Crippen LogP contribution >= 0.6 is 0 Å². The van der Waals surface area contributed by atoms with Crippen LogP contribution in [-0.4, -0.2) is 43.2 Å². The van der Waals surface area contributed by atoms with Crippen molar-refractivity contribution in [1.29, 1.82) is 0 Å². The molecule has 19 heavy (non-hydrogen) atoms. The lowest BCUT2D eigenvalue weighted by molar-refractivity contribution is 0.0292. The maximum atomic E-state index is 5.18. The van der Waals surface area contributed by atoms with Crippen LogP contribution < -0.4 is 5.32 Å². The van der Waals surface area contributed by atoms with Gasteiger partial charge in [-0.2, -0.15) is 0 Å². The lowest BCUT2D eigenvalue weighted by atomic mass is 9.73. The first kappa shape index (κ1) is 14.9. The topological polar surface area (TPSA) is 24.5 Å². The van der Waals surface area contributed by atoms with Gasteiger partial charge in [0, 0.05) is 25.2 Å². The van der Waals surface area contributed by atoms with Gasteiger partial charge in [0.25, 0.3) is 0 Å². The number of piperidine rings is 1. The van der Waals surface area contributed by atoms with Gasteiger partial charge in [-0.3, -0.25) is 0 Å². The first-order valence-electron chi connectivity index (χ1n) is 7.92. The standard InChI is InChI=1S/C16H30N2O/c1-4-19-10-6-9-17-16-14-7-5-8-15(16)12-18(11-14)13(2)3/h4,13-17H,1,5-12H2,2-3H3. The maximum Gasteiger partial charge on any atom is 0.0885 e. The molecule has 2 atom stereocenters. The van der Waals surface area contributed by atoms with Crippen LogP contribution in [0.3, 0.4) is 0 Å². The van der Waals surface area contributed by atoms with E-state index in [4.69, 9.17) is 4.74 Å². The van der Waals surface area contributed by atoms with E-state index in [2.05, 4.69) is 30.6 Å². The third-order valence-electron chi connectivity index (χ3n) is 4.77. The number of hydrogen-bond donors (Lipinski definition) is 1. The molecular weight excluding hydrogens is 236 g/mol. The molecule has 2 rings (SSSR count). The molecule has 3 heteroatoms. The van der Waals surface area contributed by atoms with E-state index in [1.165, 1.54) is 38.6 Å². The second-order valence-corrected chi connectivity index (χ2v) is 6.37. The molecule has 2 aliphatic rings. The number of nitrogens with zero attached hydrogens (tertiary/aromatic N) is 1. The summed E-state index contributed by atoms with van der Waals surface area (Å²) in [5.74, 6) is 1.71. The van der Waals surface area contributed by atoms with Gasteiger partial charge in [0.05, 0.1) is 12.9 Å². The van der Waals surface area contributed by atoms with Crippen LogP contribution in [-0.2, 0) is 4.74 Å². The summed E-state index contributed by atoms with van der Waals surface area (Å²) in [5.41, 5.74) is 0. The van der Waals surface area contributed by atoms with Crippen LogP contribution in [0.15, 0.2) is 12.8 Å². The monoisotopic (exact) mass is 266 g/mol. The van der Waals surface area contributed by atoms with Gasteiger partial charge in [-0.1, -0.05) is 13.0 Å². The van der Waals surface area contributed by atoms with Crippen molar-refractivity contribution in [2.24, 2.45) is 11.8 Å². The maximum absolute atomic E-state index is 5.18. The predicted octanol–water partition coefficient (Wildman–Crippen LogP) is 2.64. The van der Waals surface area contributed by atoms with Crippen molar-refractivity contribution in [2.75, 3.05) is 26.2 Å². The normalized spacial score (nSPS) is 31.4. The second kappa shape index (κ2) is 7.30. The third-order valence-corrected chi connectivity index (χ3v) is 4.77. The molecule has 0 aromatic rings. The van der Waals surface area contributed by atoms with E-state index >= 15 is 0 Å². The fourth-order valence-electron chi connectivity index (χ4n) is 3.74. The van der Waals surface area contributed by atoms with Crippen molar-refractivity contribution in [2.45, 2.75) is 51.6 Å².